The molecule has 20 heavy (non-hydrogen) atoms. The molecule has 1 aromatic rings. The lowest BCUT2D eigenvalue weighted by atomic mass is 10.1. The first-order valence-corrected chi connectivity index (χ1v) is 6.61. The van der Waals surface area contributed by atoms with Crippen molar-refractivity contribution in [3.05, 3.63) is 29.3 Å². The van der Waals surface area contributed by atoms with E-state index in [2.05, 4.69) is 10.6 Å². The lowest BCUT2D eigenvalue weighted by molar-refractivity contribution is 0.0951. The molecule has 1 aromatic carbocycles. The summed E-state index contributed by atoms with van der Waals surface area (Å²) in [6.45, 7) is 3.45. The fraction of sp³-hybridized carbons (Fsp3) is 0.500. The van der Waals surface area contributed by atoms with Crippen molar-refractivity contribution in [3.8, 4) is 0 Å². The Morgan fingerprint density at radius 3 is 2.35 bits per heavy atom. The van der Waals surface area contributed by atoms with Gasteiger partial charge in [-0.1, -0.05) is 0 Å². The second-order valence-electron chi connectivity index (χ2n) is 4.76. The number of nitrogens with one attached hydrogen (secondary N) is 2. The molecule has 0 atom stereocenters. The van der Waals surface area contributed by atoms with Crippen molar-refractivity contribution in [2.45, 2.75) is 13.3 Å². The van der Waals surface area contributed by atoms with Crippen LogP contribution in [0.3, 0.4) is 0 Å². The smallest absolute Gasteiger partial charge is 0.251 e. The second-order valence-corrected chi connectivity index (χ2v) is 4.76. The SMILES string of the molecule is CCNc1c(F)cc(C(=O)NCCCN(C)C)cc1F. The Hall–Kier alpha value is -1.69. The minimum Gasteiger partial charge on any atom is -0.381 e. The van der Waals surface area contributed by atoms with Gasteiger partial charge in [-0.3, -0.25) is 4.79 Å². The molecule has 0 saturated heterocycles. The van der Waals surface area contributed by atoms with Gasteiger partial charge in [-0.15, -0.1) is 0 Å². The largest absolute Gasteiger partial charge is 0.381 e. The maximum atomic E-state index is 13.7. The van der Waals surface area contributed by atoms with E-state index in [9.17, 15) is 13.6 Å². The van der Waals surface area contributed by atoms with Gasteiger partial charge in [0.2, 0.25) is 0 Å². The topological polar surface area (TPSA) is 44.4 Å². The molecule has 0 fully saturated rings. The van der Waals surface area contributed by atoms with Crippen LogP contribution in [0.15, 0.2) is 12.1 Å². The number of anilines is 1. The van der Waals surface area contributed by atoms with Gasteiger partial charge in [0.1, 0.15) is 17.3 Å². The van der Waals surface area contributed by atoms with Crippen molar-refractivity contribution >= 4 is 11.6 Å². The number of hydrogen-bond acceptors (Lipinski definition) is 3. The highest BCUT2D eigenvalue weighted by molar-refractivity contribution is 5.94. The molecule has 0 bridgehead atoms. The molecule has 6 heteroatoms. The van der Waals surface area contributed by atoms with Crippen molar-refractivity contribution in [2.24, 2.45) is 0 Å². The van der Waals surface area contributed by atoms with Gasteiger partial charge in [0, 0.05) is 18.7 Å². The zero-order chi connectivity index (χ0) is 15.1. The molecule has 1 rings (SSSR count). The van der Waals surface area contributed by atoms with E-state index in [-0.39, 0.29) is 11.3 Å². The lowest BCUT2D eigenvalue weighted by Crippen LogP contribution is -2.27. The molecule has 0 saturated carbocycles. The minimum atomic E-state index is -0.759. The number of carbonyl (C=O) groups is 1. The first kappa shape index (κ1) is 16.4. The van der Waals surface area contributed by atoms with Crippen molar-refractivity contribution in [2.75, 3.05) is 39.0 Å². The molecule has 0 unspecified atom stereocenters. The normalized spacial score (nSPS) is 10.7. The maximum absolute atomic E-state index is 13.7. The molecule has 2 N–H and O–H groups in total. The van der Waals surface area contributed by atoms with Crippen LogP contribution < -0.4 is 10.6 Å². The summed E-state index contributed by atoms with van der Waals surface area (Å²) < 4.78 is 27.3. The Labute approximate surface area is 118 Å². The fourth-order valence-electron chi connectivity index (χ4n) is 1.75. The van der Waals surface area contributed by atoms with Gasteiger partial charge >= 0.3 is 0 Å². The number of rotatable bonds is 7. The van der Waals surface area contributed by atoms with Gasteiger partial charge in [0.05, 0.1) is 0 Å². The number of amides is 1. The standard InChI is InChI=1S/C14H21F2N3O/c1-4-17-13-11(15)8-10(9-12(13)16)14(20)18-6-5-7-19(2)3/h8-9,17H,4-7H2,1-3H3,(H,18,20). The van der Waals surface area contributed by atoms with Crippen LogP contribution in [-0.2, 0) is 0 Å². The summed E-state index contributed by atoms with van der Waals surface area (Å²) in [5.74, 6) is -1.99. The Balaban J connectivity index is 2.65. The summed E-state index contributed by atoms with van der Waals surface area (Å²) >= 11 is 0. The summed E-state index contributed by atoms with van der Waals surface area (Å²) in [5.41, 5.74) is -0.205. The molecule has 4 nitrogen and oxygen atoms in total. The highest BCUT2D eigenvalue weighted by atomic mass is 19.1. The molecule has 1 amide bonds. The third kappa shape index (κ3) is 4.77. The van der Waals surface area contributed by atoms with Crippen molar-refractivity contribution < 1.29 is 13.6 Å². The van der Waals surface area contributed by atoms with E-state index in [4.69, 9.17) is 0 Å². The molecular formula is C14H21F2N3O. The molecular weight excluding hydrogens is 264 g/mol. The summed E-state index contributed by atoms with van der Waals surface area (Å²) in [6, 6.07) is 2.09. The van der Waals surface area contributed by atoms with E-state index in [1.165, 1.54) is 0 Å². The number of nitrogens with zero attached hydrogens (tertiary/aromatic N) is 1. The monoisotopic (exact) mass is 285 g/mol. The van der Waals surface area contributed by atoms with Gasteiger partial charge in [-0.05, 0) is 46.1 Å². The van der Waals surface area contributed by atoms with E-state index >= 15 is 0 Å². The van der Waals surface area contributed by atoms with E-state index in [0.717, 1.165) is 25.1 Å². The van der Waals surface area contributed by atoms with Crippen LogP contribution in [0.4, 0.5) is 14.5 Å². The fourth-order valence-corrected chi connectivity index (χ4v) is 1.75. The van der Waals surface area contributed by atoms with Gasteiger partial charge in [0.15, 0.2) is 0 Å². The molecule has 0 aliphatic heterocycles. The van der Waals surface area contributed by atoms with Crippen LogP contribution in [0.5, 0.6) is 0 Å². The molecule has 0 aliphatic carbocycles. The third-order valence-electron chi connectivity index (χ3n) is 2.73. The second kappa shape index (κ2) is 7.79. The number of halogens is 2. The van der Waals surface area contributed by atoms with E-state index < -0.39 is 17.5 Å². The molecule has 112 valence electrons. The summed E-state index contributed by atoms with van der Waals surface area (Å²) in [4.78, 5) is 13.8. The Kier molecular flexibility index (Phi) is 6.38. The zero-order valence-electron chi connectivity index (χ0n) is 12.1. The maximum Gasteiger partial charge on any atom is 0.251 e. The van der Waals surface area contributed by atoms with Crippen molar-refractivity contribution in [3.63, 3.8) is 0 Å². The molecule has 0 spiro atoms. The number of hydrogen-bond donors (Lipinski definition) is 2. The van der Waals surface area contributed by atoms with Crippen LogP contribution in [-0.4, -0.2) is 44.5 Å². The van der Waals surface area contributed by atoms with Crippen molar-refractivity contribution in [1.82, 2.24) is 10.2 Å². The first-order valence-electron chi connectivity index (χ1n) is 6.61. The predicted octanol–water partition coefficient (Wildman–Crippen LogP) is 2.08. The van der Waals surface area contributed by atoms with Crippen LogP contribution in [0.1, 0.15) is 23.7 Å². The first-order chi connectivity index (χ1) is 9.45. The highest BCUT2D eigenvalue weighted by Gasteiger charge is 2.14. The van der Waals surface area contributed by atoms with Gasteiger partial charge in [-0.2, -0.15) is 0 Å². The van der Waals surface area contributed by atoms with Crippen LogP contribution in [0.2, 0.25) is 0 Å². The third-order valence-corrected chi connectivity index (χ3v) is 2.73. The predicted molar refractivity (Wildman–Crippen MR) is 76.0 cm³/mol. The van der Waals surface area contributed by atoms with E-state index in [1.807, 2.05) is 19.0 Å². The minimum absolute atomic E-state index is 0.00786. The quantitative estimate of drug-likeness (QED) is 0.754. The van der Waals surface area contributed by atoms with Crippen molar-refractivity contribution in [1.29, 1.82) is 0 Å². The van der Waals surface area contributed by atoms with Gasteiger partial charge < -0.3 is 15.5 Å². The number of carbonyl (C=O) groups excluding carboxylic acids is 1. The number of benzene rings is 1. The Morgan fingerprint density at radius 2 is 1.85 bits per heavy atom. The summed E-state index contributed by atoms with van der Waals surface area (Å²) in [7, 11) is 3.87. The molecule has 0 heterocycles. The molecule has 0 aliphatic rings. The molecule has 0 radical (unpaired) electrons. The summed E-state index contributed by atoms with van der Waals surface area (Å²) in [5, 5.41) is 5.23. The highest BCUT2D eigenvalue weighted by Crippen LogP contribution is 2.20. The Bertz CT molecular complexity index is 441. The van der Waals surface area contributed by atoms with Crippen LogP contribution >= 0.6 is 0 Å². The van der Waals surface area contributed by atoms with E-state index in [0.29, 0.717) is 13.1 Å². The Morgan fingerprint density at radius 1 is 1.25 bits per heavy atom. The zero-order valence-corrected chi connectivity index (χ0v) is 12.1. The van der Waals surface area contributed by atoms with Crippen LogP contribution in [0, 0.1) is 11.6 Å². The van der Waals surface area contributed by atoms with Gasteiger partial charge in [-0.25, -0.2) is 8.78 Å². The molecule has 0 aromatic heterocycles. The average Bonchev–Trinajstić information content (AvgIpc) is 2.38. The summed E-state index contributed by atoms with van der Waals surface area (Å²) in [6.07, 6.45) is 0.777. The lowest BCUT2D eigenvalue weighted by Gasteiger charge is -2.11. The van der Waals surface area contributed by atoms with Crippen LogP contribution in [0.25, 0.3) is 0 Å². The van der Waals surface area contributed by atoms with E-state index in [1.54, 1.807) is 6.92 Å². The average molecular weight is 285 g/mol. The van der Waals surface area contributed by atoms with Gasteiger partial charge in [0.25, 0.3) is 5.91 Å².